The van der Waals surface area contributed by atoms with Gasteiger partial charge in [-0.2, -0.15) is 0 Å². The number of aromatic nitrogens is 1. The van der Waals surface area contributed by atoms with Crippen molar-refractivity contribution in [2.75, 3.05) is 19.6 Å². The zero-order valence-electron chi connectivity index (χ0n) is 11.8. The van der Waals surface area contributed by atoms with Gasteiger partial charge in [-0.25, -0.2) is 4.98 Å². The van der Waals surface area contributed by atoms with E-state index in [2.05, 4.69) is 41.4 Å². The zero-order chi connectivity index (χ0) is 13.0. The van der Waals surface area contributed by atoms with Crippen LogP contribution in [0.15, 0.2) is 11.6 Å². The second kappa shape index (κ2) is 6.13. The van der Waals surface area contributed by atoms with E-state index in [9.17, 15) is 0 Å². The SMILES string of the molecule is CCNC1(c2nccs2)CCCN(C(C)C)CC1. The summed E-state index contributed by atoms with van der Waals surface area (Å²) in [4.78, 5) is 7.17. The number of nitrogens with one attached hydrogen (secondary N) is 1. The summed E-state index contributed by atoms with van der Waals surface area (Å²) in [6.07, 6.45) is 5.57. The highest BCUT2D eigenvalue weighted by Gasteiger charge is 2.35. The fourth-order valence-electron chi connectivity index (χ4n) is 2.94. The lowest BCUT2D eigenvalue weighted by atomic mass is 9.91. The molecule has 0 saturated carbocycles. The minimum absolute atomic E-state index is 0.118. The predicted molar refractivity (Wildman–Crippen MR) is 78.0 cm³/mol. The normalized spacial score (nSPS) is 26.4. The van der Waals surface area contributed by atoms with Crippen LogP contribution in [0.5, 0.6) is 0 Å². The Balaban J connectivity index is 2.16. The van der Waals surface area contributed by atoms with Gasteiger partial charge in [0, 0.05) is 24.2 Å². The fourth-order valence-corrected chi connectivity index (χ4v) is 3.81. The van der Waals surface area contributed by atoms with Crippen LogP contribution in [0.1, 0.15) is 45.0 Å². The van der Waals surface area contributed by atoms with Crippen LogP contribution < -0.4 is 5.32 Å². The first kappa shape index (κ1) is 14.0. The topological polar surface area (TPSA) is 28.2 Å². The molecule has 3 nitrogen and oxygen atoms in total. The van der Waals surface area contributed by atoms with Crippen molar-refractivity contribution < 1.29 is 0 Å². The number of hydrogen-bond acceptors (Lipinski definition) is 4. The molecule has 1 atom stereocenters. The zero-order valence-corrected chi connectivity index (χ0v) is 12.6. The second-order valence-electron chi connectivity index (χ2n) is 5.43. The molecule has 1 aromatic rings. The highest BCUT2D eigenvalue weighted by molar-refractivity contribution is 7.09. The van der Waals surface area contributed by atoms with E-state index in [1.807, 2.05) is 6.20 Å². The smallest absolute Gasteiger partial charge is 0.113 e. The third-order valence-corrected chi connectivity index (χ3v) is 4.94. The molecule has 1 saturated heterocycles. The van der Waals surface area contributed by atoms with Gasteiger partial charge in [0.2, 0.25) is 0 Å². The Bertz CT molecular complexity index is 350. The third kappa shape index (κ3) is 2.92. The standard InChI is InChI=1S/C14H25N3S/c1-4-16-14(13-15-8-11-18-13)6-5-9-17(10-7-14)12(2)3/h8,11-12,16H,4-7,9-10H2,1-3H3. The first-order valence-corrected chi connectivity index (χ1v) is 7.95. The Morgan fingerprint density at radius 3 is 2.89 bits per heavy atom. The maximum atomic E-state index is 4.58. The molecule has 0 aliphatic carbocycles. The molecule has 18 heavy (non-hydrogen) atoms. The average Bonchev–Trinajstić information content (AvgIpc) is 2.79. The summed E-state index contributed by atoms with van der Waals surface area (Å²) in [5, 5.41) is 7.09. The largest absolute Gasteiger partial charge is 0.306 e. The fraction of sp³-hybridized carbons (Fsp3) is 0.786. The Morgan fingerprint density at radius 2 is 2.28 bits per heavy atom. The molecule has 4 heteroatoms. The minimum Gasteiger partial charge on any atom is -0.306 e. The average molecular weight is 267 g/mol. The number of likely N-dealkylation sites (tertiary alicyclic amines) is 1. The molecule has 1 fully saturated rings. The molecule has 102 valence electrons. The van der Waals surface area contributed by atoms with Crippen LogP contribution in [-0.2, 0) is 5.54 Å². The summed E-state index contributed by atoms with van der Waals surface area (Å²) in [7, 11) is 0. The van der Waals surface area contributed by atoms with Crippen molar-refractivity contribution >= 4 is 11.3 Å². The van der Waals surface area contributed by atoms with E-state index in [1.54, 1.807) is 11.3 Å². The summed E-state index contributed by atoms with van der Waals surface area (Å²) < 4.78 is 0. The molecule has 2 rings (SSSR count). The molecule has 1 aliphatic heterocycles. The maximum Gasteiger partial charge on any atom is 0.113 e. The van der Waals surface area contributed by atoms with E-state index in [0.29, 0.717) is 6.04 Å². The Morgan fingerprint density at radius 1 is 1.44 bits per heavy atom. The van der Waals surface area contributed by atoms with Crippen molar-refractivity contribution in [2.45, 2.75) is 51.6 Å². The van der Waals surface area contributed by atoms with Crippen LogP contribution in [0.3, 0.4) is 0 Å². The molecule has 2 heterocycles. The molecule has 1 N–H and O–H groups in total. The minimum atomic E-state index is 0.118. The number of rotatable bonds is 4. The molecular weight excluding hydrogens is 242 g/mol. The number of hydrogen-bond donors (Lipinski definition) is 1. The first-order valence-electron chi connectivity index (χ1n) is 7.07. The van der Waals surface area contributed by atoms with Gasteiger partial charge in [-0.15, -0.1) is 11.3 Å². The lowest BCUT2D eigenvalue weighted by Gasteiger charge is -2.32. The Kier molecular flexibility index (Phi) is 4.76. The van der Waals surface area contributed by atoms with Gasteiger partial charge in [0.25, 0.3) is 0 Å². The summed E-state index contributed by atoms with van der Waals surface area (Å²) >= 11 is 1.79. The van der Waals surface area contributed by atoms with Crippen molar-refractivity contribution in [2.24, 2.45) is 0 Å². The molecular formula is C14H25N3S. The summed E-state index contributed by atoms with van der Waals surface area (Å²) in [6.45, 7) is 10.2. The van der Waals surface area contributed by atoms with Crippen molar-refractivity contribution in [3.63, 3.8) is 0 Å². The van der Waals surface area contributed by atoms with Crippen LogP contribution in [-0.4, -0.2) is 35.6 Å². The van der Waals surface area contributed by atoms with Crippen LogP contribution >= 0.6 is 11.3 Å². The lowest BCUT2D eigenvalue weighted by Crippen LogP contribution is -2.43. The molecule has 0 amide bonds. The highest BCUT2D eigenvalue weighted by Crippen LogP contribution is 2.34. The number of nitrogens with zero attached hydrogens (tertiary/aromatic N) is 2. The monoisotopic (exact) mass is 267 g/mol. The molecule has 1 aromatic heterocycles. The van der Waals surface area contributed by atoms with Crippen LogP contribution in [0.4, 0.5) is 0 Å². The van der Waals surface area contributed by atoms with Gasteiger partial charge in [0.15, 0.2) is 0 Å². The Hall–Kier alpha value is -0.450. The van der Waals surface area contributed by atoms with E-state index >= 15 is 0 Å². The van der Waals surface area contributed by atoms with E-state index < -0.39 is 0 Å². The molecule has 0 radical (unpaired) electrons. The summed E-state index contributed by atoms with van der Waals surface area (Å²) in [5.74, 6) is 0. The van der Waals surface area contributed by atoms with Gasteiger partial charge in [-0.3, -0.25) is 0 Å². The maximum absolute atomic E-state index is 4.58. The van der Waals surface area contributed by atoms with E-state index in [-0.39, 0.29) is 5.54 Å². The molecule has 1 aliphatic rings. The molecule has 1 unspecified atom stereocenters. The molecule has 0 bridgehead atoms. The van der Waals surface area contributed by atoms with Crippen LogP contribution in [0.2, 0.25) is 0 Å². The quantitative estimate of drug-likeness (QED) is 0.909. The van der Waals surface area contributed by atoms with Crippen molar-refractivity contribution in [1.82, 2.24) is 15.2 Å². The van der Waals surface area contributed by atoms with E-state index in [4.69, 9.17) is 0 Å². The van der Waals surface area contributed by atoms with Crippen LogP contribution in [0, 0.1) is 0 Å². The first-order chi connectivity index (χ1) is 8.68. The highest BCUT2D eigenvalue weighted by atomic mass is 32.1. The number of thiazole rings is 1. The summed E-state index contributed by atoms with van der Waals surface area (Å²) in [5.41, 5.74) is 0.118. The molecule has 0 aromatic carbocycles. The van der Waals surface area contributed by atoms with Gasteiger partial charge in [0.05, 0.1) is 5.54 Å². The molecule has 0 spiro atoms. The van der Waals surface area contributed by atoms with Crippen molar-refractivity contribution in [3.05, 3.63) is 16.6 Å². The van der Waals surface area contributed by atoms with Gasteiger partial charge in [-0.05, 0) is 46.2 Å². The second-order valence-corrected chi connectivity index (χ2v) is 6.33. The third-order valence-electron chi connectivity index (χ3n) is 3.96. The van der Waals surface area contributed by atoms with Crippen molar-refractivity contribution in [3.8, 4) is 0 Å². The lowest BCUT2D eigenvalue weighted by molar-refractivity contribution is 0.218. The van der Waals surface area contributed by atoms with Crippen LogP contribution in [0.25, 0.3) is 0 Å². The van der Waals surface area contributed by atoms with Gasteiger partial charge in [0.1, 0.15) is 5.01 Å². The van der Waals surface area contributed by atoms with E-state index in [0.717, 1.165) is 6.54 Å². The van der Waals surface area contributed by atoms with Crippen molar-refractivity contribution in [1.29, 1.82) is 0 Å². The Labute approximate surface area is 115 Å². The van der Waals surface area contributed by atoms with Gasteiger partial charge in [-0.1, -0.05) is 6.92 Å². The van der Waals surface area contributed by atoms with Gasteiger partial charge < -0.3 is 10.2 Å². The summed E-state index contributed by atoms with van der Waals surface area (Å²) in [6, 6.07) is 0.652. The predicted octanol–water partition coefficient (Wildman–Crippen LogP) is 2.84. The van der Waals surface area contributed by atoms with E-state index in [1.165, 1.54) is 37.4 Å². The van der Waals surface area contributed by atoms with Gasteiger partial charge >= 0.3 is 0 Å².